The minimum absolute atomic E-state index is 0.159. The molecule has 0 aromatic carbocycles. The highest BCUT2D eigenvalue weighted by Gasteiger charge is 2.08. The molecule has 4 nitrogen and oxygen atoms in total. The molecule has 4 heteroatoms. The maximum Gasteiger partial charge on any atom is 0.305 e. The van der Waals surface area contributed by atoms with Gasteiger partial charge < -0.3 is 14.2 Å². The lowest BCUT2D eigenvalue weighted by Crippen LogP contribution is -2.22. The van der Waals surface area contributed by atoms with Crippen molar-refractivity contribution in [2.24, 2.45) is 0 Å². The van der Waals surface area contributed by atoms with Crippen molar-refractivity contribution in [1.29, 1.82) is 0 Å². The lowest BCUT2D eigenvalue weighted by Gasteiger charge is -2.12. The molecule has 0 amide bonds. The molecule has 0 heterocycles. The van der Waals surface area contributed by atoms with Crippen molar-refractivity contribution in [1.82, 2.24) is 0 Å². The van der Waals surface area contributed by atoms with Crippen molar-refractivity contribution in [3.05, 3.63) is 0 Å². The normalized spacial score (nSPS) is 10.3. The zero-order valence-electron chi connectivity index (χ0n) is 7.83. The van der Waals surface area contributed by atoms with Crippen molar-refractivity contribution in [3.63, 3.8) is 0 Å². The van der Waals surface area contributed by atoms with Gasteiger partial charge in [0.05, 0.1) is 0 Å². The van der Waals surface area contributed by atoms with Crippen LogP contribution < -0.4 is 0 Å². The van der Waals surface area contributed by atoms with Crippen LogP contribution >= 0.6 is 0 Å². The van der Waals surface area contributed by atoms with E-state index in [0.717, 1.165) is 6.42 Å². The first-order valence-electron chi connectivity index (χ1n) is 3.95. The predicted molar refractivity (Wildman–Crippen MR) is 43.7 cm³/mol. The highest BCUT2D eigenvalue weighted by molar-refractivity contribution is 5.69. The van der Waals surface area contributed by atoms with Gasteiger partial charge in [0.15, 0.2) is 6.29 Å². The standard InChI is InChI=1S/C8H16O4/c1-4-5-7(9)12-6-8(10-2)11-3/h8H,4-6H2,1-3H3. The molecule has 0 saturated carbocycles. The van der Waals surface area contributed by atoms with Crippen LogP contribution in [0.15, 0.2) is 0 Å². The Kier molecular flexibility index (Phi) is 6.70. The van der Waals surface area contributed by atoms with E-state index in [1.54, 1.807) is 0 Å². The van der Waals surface area contributed by atoms with Crippen LogP contribution in [-0.2, 0) is 19.0 Å². The van der Waals surface area contributed by atoms with Crippen LogP contribution in [0.1, 0.15) is 19.8 Å². The molecule has 0 N–H and O–H groups in total. The number of rotatable bonds is 6. The van der Waals surface area contributed by atoms with Gasteiger partial charge in [-0.05, 0) is 6.42 Å². The van der Waals surface area contributed by atoms with Gasteiger partial charge >= 0.3 is 5.97 Å². The van der Waals surface area contributed by atoms with E-state index in [2.05, 4.69) is 0 Å². The summed E-state index contributed by atoms with van der Waals surface area (Å²) in [4.78, 5) is 10.8. The van der Waals surface area contributed by atoms with E-state index in [-0.39, 0.29) is 12.6 Å². The van der Waals surface area contributed by atoms with Gasteiger partial charge in [-0.3, -0.25) is 4.79 Å². The van der Waals surface area contributed by atoms with Gasteiger partial charge in [0.1, 0.15) is 6.61 Å². The second kappa shape index (κ2) is 7.06. The Morgan fingerprint density at radius 3 is 2.33 bits per heavy atom. The molecule has 0 radical (unpaired) electrons. The van der Waals surface area contributed by atoms with E-state index >= 15 is 0 Å². The summed E-state index contributed by atoms with van der Waals surface area (Å²) >= 11 is 0. The quantitative estimate of drug-likeness (QED) is 0.446. The van der Waals surface area contributed by atoms with Crippen molar-refractivity contribution in [2.75, 3.05) is 20.8 Å². The Morgan fingerprint density at radius 2 is 1.92 bits per heavy atom. The molecular weight excluding hydrogens is 160 g/mol. The Hall–Kier alpha value is -0.610. The number of ether oxygens (including phenoxy) is 3. The molecule has 0 aromatic rings. The molecule has 0 aliphatic carbocycles. The minimum atomic E-state index is -0.453. The van der Waals surface area contributed by atoms with Crippen LogP contribution in [-0.4, -0.2) is 33.1 Å². The van der Waals surface area contributed by atoms with Crippen LogP contribution in [0.3, 0.4) is 0 Å². The van der Waals surface area contributed by atoms with E-state index in [0.29, 0.717) is 6.42 Å². The van der Waals surface area contributed by atoms with E-state index < -0.39 is 6.29 Å². The van der Waals surface area contributed by atoms with Gasteiger partial charge in [0, 0.05) is 20.6 Å². The first-order chi connectivity index (χ1) is 5.74. The SMILES string of the molecule is CCCC(=O)OCC(OC)OC. The molecule has 0 fully saturated rings. The smallest absolute Gasteiger partial charge is 0.305 e. The van der Waals surface area contributed by atoms with Crippen LogP contribution in [0.5, 0.6) is 0 Å². The number of hydrogen-bond acceptors (Lipinski definition) is 4. The van der Waals surface area contributed by atoms with Crippen molar-refractivity contribution in [2.45, 2.75) is 26.1 Å². The third-order valence-corrected chi connectivity index (χ3v) is 1.36. The lowest BCUT2D eigenvalue weighted by molar-refractivity contribution is -0.166. The molecule has 0 atom stereocenters. The Morgan fingerprint density at radius 1 is 1.33 bits per heavy atom. The first-order valence-corrected chi connectivity index (χ1v) is 3.95. The number of esters is 1. The van der Waals surface area contributed by atoms with E-state index in [9.17, 15) is 4.79 Å². The molecule has 0 saturated heterocycles. The highest BCUT2D eigenvalue weighted by atomic mass is 16.7. The fraction of sp³-hybridized carbons (Fsp3) is 0.875. The van der Waals surface area contributed by atoms with E-state index in [4.69, 9.17) is 14.2 Å². The van der Waals surface area contributed by atoms with Crippen LogP contribution in [0.2, 0.25) is 0 Å². The molecule has 0 unspecified atom stereocenters. The number of carbonyl (C=O) groups is 1. The van der Waals surface area contributed by atoms with Gasteiger partial charge in [-0.15, -0.1) is 0 Å². The molecule has 0 aliphatic rings. The predicted octanol–water partition coefficient (Wildman–Crippen LogP) is 0.949. The first kappa shape index (κ1) is 11.4. The summed E-state index contributed by atoms with van der Waals surface area (Å²) in [7, 11) is 3.00. The highest BCUT2D eigenvalue weighted by Crippen LogP contribution is 1.96. The summed E-state index contributed by atoms with van der Waals surface area (Å²) in [5.41, 5.74) is 0. The molecule has 0 aromatic heterocycles. The zero-order chi connectivity index (χ0) is 9.40. The molecule has 0 aliphatic heterocycles. The molecule has 0 rings (SSSR count). The minimum Gasteiger partial charge on any atom is -0.460 e. The third kappa shape index (κ3) is 5.09. The summed E-state index contributed by atoms with van der Waals surface area (Å²) in [6.45, 7) is 2.08. The van der Waals surface area contributed by atoms with Gasteiger partial charge in [0.25, 0.3) is 0 Å². The fourth-order valence-electron chi connectivity index (χ4n) is 0.670. The lowest BCUT2D eigenvalue weighted by atomic mass is 10.3. The zero-order valence-corrected chi connectivity index (χ0v) is 7.83. The second-order valence-corrected chi connectivity index (χ2v) is 2.33. The largest absolute Gasteiger partial charge is 0.460 e. The third-order valence-electron chi connectivity index (χ3n) is 1.36. The average Bonchev–Trinajstić information content (AvgIpc) is 2.07. The number of methoxy groups -OCH3 is 2. The molecule has 0 bridgehead atoms. The Balaban J connectivity index is 3.44. The maximum absolute atomic E-state index is 10.8. The summed E-state index contributed by atoms with van der Waals surface area (Å²) in [5.74, 6) is -0.211. The van der Waals surface area contributed by atoms with Crippen molar-refractivity contribution < 1.29 is 19.0 Å². The Labute approximate surface area is 72.8 Å². The monoisotopic (exact) mass is 176 g/mol. The second-order valence-electron chi connectivity index (χ2n) is 2.33. The van der Waals surface area contributed by atoms with Gasteiger partial charge in [-0.25, -0.2) is 0 Å². The van der Waals surface area contributed by atoms with E-state index in [1.807, 2.05) is 6.92 Å². The molecule has 0 spiro atoms. The summed E-state index contributed by atoms with van der Waals surface area (Å²) in [6.07, 6.45) is 0.787. The Bertz CT molecular complexity index is 120. The topological polar surface area (TPSA) is 44.8 Å². The summed E-state index contributed by atoms with van der Waals surface area (Å²) in [6, 6.07) is 0. The maximum atomic E-state index is 10.8. The van der Waals surface area contributed by atoms with Crippen LogP contribution in [0.4, 0.5) is 0 Å². The van der Waals surface area contributed by atoms with Gasteiger partial charge in [-0.2, -0.15) is 0 Å². The fourth-order valence-corrected chi connectivity index (χ4v) is 0.670. The van der Waals surface area contributed by atoms with Crippen molar-refractivity contribution >= 4 is 5.97 Å². The number of hydrogen-bond donors (Lipinski definition) is 0. The molecule has 12 heavy (non-hydrogen) atoms. The van der Waals surface area contributed by atoms with E-state index in [1.165, 1.54) is 14.2 Å². The van der Waals surface area contributed by atoms with Crippen LogP contribution in [0, 0.1) is 0 Å². The van der Waals surface area contributed by atoms with Crippen LogP contribution in [0.25, 0.3) is 0 Å². The summed E-state index contributed by atoms with van der Waals surface area (Å²) < 4.78 is 14.5. The van der Waals surface area contributed by atoms with Gasteiger partial charge in [-0.1, -0.05) is 6.92 Å². The summed E-state index contributed by atoms with van der Waals surface area (Å²) in [5, 5.41) is 0. The molecule has 72 valence electrons. The molecular formula is C8H16O4. The van der Waals surface area contributed by atoms with Crippen molar-refractivity contribution in [3.8, 4) is 0 Å². The van der Waals surface area contributed by atoms with Gasteiger partial charge in [0.2, 0.25) is 0 Å². The average molecular weight is 176 g/mol. The number of carbonyl (C=O) groups excluding carboxylic acids is 1.